The molecule has 1 atom stereocenters. The SMILES string of the molecule is CCCC(C#N)C(=O)NCc1cccc(OC)c1. The summed E-state index contributed by atoms with van der Waals surface area (Å²) in [6.45, 7) is 2.37. The van der Waals surface area contributed by atoms with Crippen LogP contribution in [0.25, 0.3) is 0 Å². The highest BCUT2D eigenvalue weighted by Crippen LogP contribution is 2.12. The molecule has 0 heterocycles. The lowest BCUT2D eigenvalue weighted by molar-refractivity contribution is -0.123. The largest absolute Gasteiger partial charge is 0.497 e. The van der Waals surface area contributed by atoms with Crippen LogP contribution in [-0.4, -0.2) is 13.0 Å². The van der Waals surface area contributed by atoms with Gasteiger partial charge in [0.05, 0.1) is 13.2 Å². The lowest BCUT2D eigenvalue weighted by atomic mass is 10.0. The Morgan fingerprint density at radius 3 is 2.94 bits per heavy atom. The van der Waals surface area contributed by atoms with Crippen LogP contribution >= 0.6 is 0 Å². The van der Waals surface area contributed by atoms with Crippen molar-refractivity contribution in [1.82, 2.24) is 5.32 Å². The maximum absolute atomic E-state index is 11.7. The van der Waals surface area contributed by atoms with Crippen molar-refractivity contribution in [2.45, 2.75) is 26.3 Å². The third-order valence-corrected chi connectivity index (χ3v) is 2.65. The van der Waals surface area contributed by atoms with Crippen LogP contribution in [0.3, 0.4) is 0 Å². The number of ether oxygens (including phenoxy) is 1. The van der Waals surface area contributed by atoms with Gasteiger partial charge in [0.25, 0.3) is 0 Å². The topological polar surface area (TPSA) is 62.1 Å². The highest BCUT2D eigenvalue weighted by molar-refractivity contribution is 5.80. The lowest BCUT2D eigenvalue weighted by Crippen LogP contribution is -2.29. The van der Waals surface area contributed by atoms with E-state index < -0.39 is 5.92 Å². The van der Waals surface area contributed by atoms with Gasteiger partial charge in [-0.3, -0.25) is 4.79 Å². The van der Waals surface area contributed by atoms with Gasteiger partial charge >= 0.3 is 0 Å². The normalized spacial score (nSPS) is 11.4. The molecule has 4 heteroatoms. The Morgan fingerprint density at radius 1 is 1.56 bits per heavy atom. The summed E-state index contributed by atoms with van der Waals surface area (Å²) in [5.41, 5.74) is 0.955. The van der Waals surface area contributed by atoms with Crippen LogP contribution in [0.5, 0.6) is 5.75 Å². The highest BCUT2D eigenvalue weighted by Gasteiger charge is 2.15. The van der Waals surface area contributed by atoms with Crippen molar-refractivity contribution < 1.29 is 9.53 Å². The number of carbonyl (C=O) groups excluding carboxylic acids is 1. The van der Waals surface area contributed by atoms with Gasteiger partial charge in [-0.05, 0) is 24.1 Å². The molecule has 0 saturated heterocycles. The highest BCUT2D eigenvalue weighted by atomic mass is 16.5. The summed E-state index contributed by atoms with van der Waals surface area (Å²) < 4.78 is 5.10. The Balaban J connectivity index is 2.54. The first-order chi connectivity index (χ1) is 8.71. The second-order valence-electron chi connectivity index (χ2n) is 4.04. The van der Waals surface area contributed by atoms with Crippen LogP contribution in [-0.2, 0) is 11.3 Å². The van der Waals surface area contributed by atoms with Gasteiger partial charge in [-0.1, -0.05) is 25.5 Å². The Kier molecular flexibility index (Phi) is 5.72. The van der Waals surface area contributed by atoms with E-state index in [1.165, 1.54) is 0 Å². The first-order valence-corrected chi connectivity index (χ1v) is 6.01. The van der Waals surface area contributed by atoms with Crippen molar-refractivity contribution in [3.8, 4) is 11.8 Å². The van der Waals surface area contributed by atoms with Crippen LogP contribution in [0, 0.1) is 17.2 Å². The number of hydrogen-bond donors (Lipinski definition) is 1. The van der Waals surface area contributed by atoms with Crippen molar-refractivity contribution in [2.24, 2.45) is 5.92 Å². The molecule has 0 radical (unpaired) electrons. The molecule has 0 aliphatic heterocycles. The van der Waals surface area contributed by atoms with Crippen molar-refractivity contribution >= 4 is 5.91 Å². The molecule has 1 amide bonds. The number of nitrogens with zero attached hydrogens (tertiary/aromatic N) is 1. The minimum atomic E-state index is -0.555. The van der Waals surface area contributed by atoms with Crippen LogP contribution in [0.1, 0.15) is 25.3 Å². The number of amides is 1. The van der Waals surface area contributed by atoms with Crippen LogP contribution in [0.4, 0.5) is 0 Å². The summed E-state index contributed by atoms with van der Waals surface area (Å²) >= 11 is 0. The fourth-order valence-corrected chi connectivity index (χ4v) is 1.64. The van der Waals surface area contributed by atoms with Gasteiger partial charge in [-0.2, -0.15) is 5.26 Å². The average Bonchev–Trinajstić information content (AvgIpc) is 2.42. The van der Waals surface area contributed by atoms with E-state index in [2.05, 4.69) is 5.32 Å². The number of methoxy groups -OCH3 is 1. The van der Waals surface area contributed by atoms with Crippen molar-refractivity contribution in [3.05, 3.63) is 29.8 Å². The van der Waals surface area contributed by atoms with Gasteiger partial charge in [-0.15, -0.1) is 0 Å². The maximum atomic E-state index is 11.7. The Labute approximate surface area is 108 Å². The van der Waals surface area contributed by atoms with Crippen molar-refractivity contribution in [2.75, 3.05) is 7.11 Å². The van der Waals surface area contributed by atoms with E-state index in [0.29, 0.717) is 13.0 Å². The van der Waals surface area contributed by atoms with E-state index in [-0.39, 0.29) is 5.91 Å². The number of rotatable bonds is 6. The molecule has 18 heavy (non-hydrogen) atoms. The van der Waals surface area contributed by atoms with E-state index >= 15 is 0 Å². The van der Waals surface area contributed by atoms with E-state index in [1.54, 1.807) is 7.11 Å². The summed E-state index contributed by atoms with van der Waals surface area (Å²) in [5.74, 6) is -0.00471. The van der Waals surface area contributed by atoms with E-state index in [0.717, 1.165) is 17.7 Å². The molecular formula is C14H18N2O2. The molecule has 1 aromatic carbocycles. The van der Waals surface area contributed by atoms with Gasteiger partial charge in [0.15, 0.2) is 0 Å². The number of benzene rings is 1. The summed E-state index contributed by atoms with van der Waals surface area (Å²) in [6, 6.07) is 9.51. The van der Waals surface area contributed by atoms with Crippen LogP contribution < -0.4 is 10.1 Å². The molecular weight excluding hydrogens is 228 g/mol. The second kappa shape index (κ2) is 7.33. The smallest absolute Gasteiger partial charge is 0.237 e. The molecule has 0 fully saturated rings. The standard InChI is InChI=1S/C14H18N2O2/c1-3-5-12(9-15)14(17)16-10-11-6-4-7-13(8-11)18-2/h4,6-8,12H,3,5,10H2,1-2H3,(H,16,17). The Bertz CT molecular complexity index is 438. The summed E-state index contributed by atoms with van der Waals surface area (Å²) in [5, 5.41) is 11.6. The Hall–Kier alpha value is -2.02. The lowest BCUT2D eigenvalue weighted by Gasteiger charge is -2.10. The molecule has 0 aliphatic rings. The second-order valence-corrected chi connectivity index (χ2v) is 4.04. The molecule has 0 aliphatic carbocycles. The summed E-state index contributed by atoms with van der Waals surface area (Å²) in [6.07, 6.45) is 1.42. The van der Waals surface area contributed by atoms with Gasteiger partial charge in [0, 0.05) is 6.54 Å². The average molecular weight is 246 g/mol. The number of nitrogens with one attached hydrogen (secondary N) is 1. The van der Waals surface area contributed by atoms with Gasteiger partial charge in [0.2, 0.25) is 5.91 Å². The fourth-order valence-electron chi connectivity index (χ4n) is 1.64. The minimum absolute atomic E-state index is 0.206. The van der Waals surface area contributed by atoms with Gasteiger partial charge < -0.3 is 10.1 Å². The number of carbonyl (C=O) groups is 1. The number of nitriles is 1. The summed E-state index contributed by atoms with van der Waals surface area (Å²) in [4.78, 5) is 11.7. The predicted molar refractivity (Wildman–Crippen MR) is 68.9 cm³/mol. The zero-order valence-corrected chi connectivity index (χ0v) is 10.8. The predicted octanol–water partition coefficient (Wildman–Crippen LogP) is 2.25. The molecule has 0 aromatic heterocycles. The molecule has 1 N–H and O–H groups in total. The molecule has 1 unspecified atom stereocenters. The zero-order valence-electron chi connectivity index (χ0n) is 10.8. The molecule has 96 valence electrons. The van der Waals surface area contributed by atoms with Gasteiger partial charge in [-0.25, -0.2) is 0 Å². The van der Waals surface area contributed by atoms with E-state index in [1.807, 2.05) is 37.3 Å². The fraction of sp³-hybridized carbons (Fsp3) is 0.429. The minimum Gasteiger partial charge on any atom is -0.497 e. The van der Waals surface area contributed by atoms with Gasteiger partial charge in [0.1, 0.15) is 11.7 Å². The van der Waals surface area contributed by atoms with Crippen molar-refractivity contribution in [3.63, 3.8) is 0 Å². The van der Waals surface area contributed by atoms with Crippen molar-refractivity contribution in [1.29, 1.82) is 5.26 Å². The first-order valence-electron chi connectivity index (χ1n) is 6.01. The molecule has 0 spiro atoms. The third-order valence-electron chi connectivity index (χ3n) is 2.65. The summed E-state index contributed by atoms with van der Waals surface area (Å²) in [7, 11) is 1.60. The van der Waals surface area contributed by atoms with Crippen LogP contribution in [0.2, 0.25) is 0 Å². The first kappa shape index (κ1) is 14.0. The van der Waals surface area contributed by atoms with E-state index in [9.17, 15) is 4.79 Å². The maximum Gasteiger partial charge on any atom is 0.237 e. The molecule has 1 aromatic rings. The molecule has 4 nitrogen and oxygen atoms in total. The third kappa shape index (κ3) is 4.10. The van der Waals surface area contributed by atoms with E-state index in [4.69, 9.17) is 10.00 Å². The molecule has 1 rings (SSSR count). The monoisotopic (exact) mass is 246 g/mol. The molecule has 0 bridgehead atoms. The number of hydrogen-bond acceptors (Lipinski definition) is 3. The van der Waals surface area contributed by atoms with Crippen LogP contribution in [0.15, 0.2) is 24.3 Å². The quantitative estimate of drug-likeness (QED) is 0.837. The zero-order chi connectivity index (χ0) is 13.4. The molecule has 0 saturated carbocycles. The Morgan fingerprint density at radius 2 is 2.33 bits per heavy atom.